The first-order valence-electron chi connectivity index (χ1n) is 7.55. The fraction of sp³-hybridized carbons (Fsp3) is 0.125. The average Bonchev–Trinajstić information content (AvgIpc) is 3.10. The molecule has 3 rings (SSSR count). The normalized spacial score (nSPS) is 11.3. The summed E-state index contributed by atoms with van der Waals surface area (Å²) in [5.41, 5.74) is 1.98. The Labute approximate surface area is 154 Å². The van der Waals surface area contributed by atoms with Crippen LogP contribution in [-0.4, -0.2) is 29.5 Å². The summed E-state index contributed by atoms with van der Waals surface area (Å²) in [5.74, 6) is -0.379. The summed E-state index contributed by atoms with van der Waals surface area (Å²) in [6.07, 6.45) is 1.58. The molecule has 0 aliphatic heterocycles. The van der Waals surface area contributed by atoms with E-state index in [0.717, 1.165) is 16.9 Å². The van der Waals surface area contributed by atoms with Gasteiger partial charge in [-0.2, -0.15) is 0 Å². The molecule has 0 fully saturated rings. The van der Waals surface area contributed by atoms with Gasteiger partial charge in [0, 0.05) is 11.8 Å². The van der Waals surface area contributed by atoms with Crippen molar-refractivity contribution < 1.29 is 13.2 Å². The molecule has 0 saturated carbocycles. The largest absolute Gasteiger partial charge is 0.296 e. The zero-order chi connectivity index (χ0) is 18.6. The van der Waals surface area contributed by atoms with Crippen LogP contribution in [0.3, 0.4) is 0 Å². The summed E-state index contributed by atoms with van der Waals surface area (Å²) in [5, 5.41) is 10.0. The highest BCUT2D eigenvalue weighted by Crippen LogP contribution is 2.20. The number of carbonyl (C=O) groups excluding carboxylic acids is 1. The van der Waals surface area contributed by atoms with Gasteiger partial charge in [-0.1, -0.05) is 35.1 Å². The maximum absolute atomic E-state index is 12.3. The van der Waals surface area contributed by atoms with E-state index in [9.17, 15) is 13.2 Å². The number of anilines is 1. The molecule has 0 spiro atoms. The second-order valence-electron chi connectivity index (χ2n) is 5.34. The van der Waals surface area contributed by atoms with Gasteiger partial charge in [-0.15, -0.1) is 10.2 Å². The smallest absolute Gasteiger partial charge is 0.270 e. The summed E-state index contributed by atoms with van der Waals surface area (Å²) >= 11 is 0.777. The zero-order valence-electron chi connectivity index (χ0n) is 13.7. The number of aryl methyl sites for hydroxylation is 1. The van der Waals surface area contributed by atoms with E-state index in [1.807, 2.05) is 13.0 Å². The van der Waals surface area contributed by atoms with Crippen molar-refractivity contribution in [1.82, 2.24) is 19.9 Å². The lowest BCUT2D eigenvalue weighted by atomic mass is 10.1. The van der Waals surface area contributed by atoms with Gasteiger partial charge < -0.3 is 0 Å². The molecule has 0 atom stereocenters. The number of carbonyl (C=O) groups is 1. The second kappa shape index (κ2) is 7.68. The predicted molar refractivity (Wildman–Crippen MR) is 97.3 cm³/mol. The van der Waals surface area contributed by atoms with Gasteiger partial charge in [0.1, 0.15) is 0 Å². The van der Waals surface area contributed by atoms with Crippen LogP contribution in [0.15, 0.2) is 53.0 Å². The first-order valence-corrected chi connectivity index (χ1v) is 9.85. The number of sulfonamides is 1. The first kappa shape index (κ1) is 18.1. The fourth-order valence-electron chi connectivity index (χ4n) is 2.06. The van der Waals surface area contributed by atoms with Crippen molar-refractivity contribution in [2.24, 2.45) is 0 Å². The molecule has 10 heteroatoms. The maximum Gasteiger partial charge on any atom is 0.270 e. The van der Waals surface area contributed by atoms with E-state index in [-0.39, 0.29) is 21.9 Å². The third-order valence-electron chi connectivity index (χ3n) is 3.31. The summed E-state index contributed by atoms with van der Waals surface area (Å²) in [7, 11) is -3.84. The monoisotopic (exact) mass is 389 g/mol. The van der Waals surface area contributed by atoms with Crippen LogP contribution in [-0.2, 0) is 16.6 Å². The number of nitrogens with zero attached hydrogens (tertiary/aromatic N) is 3. The number of rotatable bonds is 6. The number of amides is 1. The maximum atomic E-state index is 12.3. The number of aromatic nitrogens is 3. The van der Waals surface area contributed by atoms with Crippen LogP contribution in [0.1, 0.15) is 21.6 Å². The Balaban J connectivity index is 1.67. The molecule has 134 valence electrons. The van der Waals surface area contributed by atoms with Crippen LogP contribution < -0.4 is 10.0 Å². The molecule has 0 unspecified atom stereocenters. The van der Waals surface area contributed by atoms with Crippen molar-refractivity contribution >= 4 is 32.4 Å². The Kier molecular flexibility index (Phi) is 5.35. The molecule has 0 radical (unpaired) electrons. The van der Waals surface area contributed by atoms with E-state index in [2.05, 4.69) is 25.2 Å². The van der Waals surface area contributed by atoms with Crippen LogP contribution in [0.4, 0.5) is 5.13 Å². The Morgan fingerprint density at radius 3 is 2.73 bits per heavy atom. The molecule has 0 bridgehead atoms. The molecule has 0 saturated heterocycles. The molecule has 0 aliphatic rings. The Morgan fingerprint density at radius 2 is 2.00 bits per heavy atom. The van der Waals surface area contributed by atoms with E-state index in [1.54, 1.807) is 42.6 Å². The average molecular weight is 389 g/mol. The molecule has 2 heterocycles. The number of pyridine rings is 1. The molecule has 2 N–H and O–H groups in total. The van der Waals surface area contributed by atoms with Crippen molar-refractivity contribution in [3.8, 4) is 0 Å². The predicted octanol–water partition coefficient (Wildman–Crippen LogP) is 1.97. The lowest BCUT2D eigenvalue weighted by Gasteiger charge is -2.03. The molecule has 26 heavy (non-hydrogen) atoms. The quantitative estimate of drug-likeness (QED) is 0.623. The van der Waals surface area contributed by atoms with Crippen LogP contribution in [0, 0.1) is 6.92 Å². The molecule has 3 aromatic rings. The van der Waals surface area contributed by atoms with Gasteiger partial charge >= 0.3 is 0 Å². The number of hydrogen-bond acceptors (Lipinski definition) is 7. The van der Waals surface area contributed by atoms with Gasteiger partial charge in [-0.05, 0) is 31.2 Å². The molecule has 1 amide bonds. The number of benzene rings is 1. The van der Waals surface area contributed by atoms with Crippen molar-refractivity contribution in [2.75, 3.05) is 5.32 Å². The highest BCUT2D eigenvalue weighted by molar-refractivity contribution is 7.91. The van der Waals surface area contributed by atoms with E-state index in [0.29, 0.717) is 11.3 Å². The number of hydrogen-bond donors (Lipinski definition) is 2. The van der Waals surface area contributed by atoms with Crippen LogP contribution in [0.25, 0.3) is 0 Å². The second-order valence-corrected chi connectivity index (χ2v) is 8.26. The Hall–Kier alpha value is -2.69. The summed E-state index contributed by atoms with van der Waals surface area (Å²) in [4.78, 5) is 16.2. The van der Waals surface area contributed by atoms with E-state index in [1.165, 1.54) is 0 Å². The van der Waals surface area contributed by atoms with Crippen molar-refractivity contribution in [2.45, 2.75) is 17.8 Å². The first-order chi connectivity index (χ1) is 12.4. The highest BCUT2D eigenvalue weighted by Gasteiger charge is 2.21. The fourth-order valence-corrected chi connectivity index (χ4v) is 3.99. The van der Waals surface area contributed by atoms with Crippen LogP contribution >= 0.6 is 11.3 Å². The molecule has 2 aromatic heterocycles. The van der Waals surface area contributed by atoms with Crippen LogP contribution in [0.5, 0.6) is 0 Å². The van der Waals surface area contributed by atoms with Gasteiger partial charge in [-0.3, -0.25) is 15.1 Å². The molecule has 1 aromatic carbocycles. The Bertz CT molecular complexity index is 1020. The molecular formula is C16H15N5O3S2. The Morgan fingerprint density at radius 1 is 1.15 bits per heavy atom. The van der Waals surface area contributed by atoms with E-state index < -0.39 is 10.0 Å². The minimum Gasteiger partial charge on any atom is -0.296 e. The van der Waals surface area contributed by atoms with E-state index in [4.69, 9.17) is 0 Å². The molecular weight excluding hydrogens is 374 g/mol. The van der Waals surface area contributed by atoms with Gasteiger partial charge in [0.15, 0.2) is 0 Å². The minimum atomic E-state index is -3.84. The zero-order valence-corrected chi connectivity index (χ0v) is 15.3. The van der Waals surface area contributed by atoms with Gasteiger partial charge in [0.05, 0.1) is 12.2 Å². The third kappa shape index (κ3) is 4.48. The standard InChI is InChI=1S/C16H15N5O3S2/c1-11-5-4-6-12(9-11)14(22)19-15-20-21-16(25-15)26(23,24)18-10-13-7-2-3-8-17-13/h2-9,18H,10H2,1H3,(H,19,20,22). The SMILES string of the molecule is Cc1cccc(C(=O)Nc2nnc(S(=O)(=O)NCc3ccccn3)s2)c1. The van der Waals surface area contributed by atoms with Gasteiger partial charge in [0.25, 0.3) is 15.9 Å². The molecule has 8 nitrogen and oxygen atoms in total. The summed E-state index contributed by atoms with van der Waals surface area (Å²) < 4.78 is 26.7. The molecule has 0 aliphatic carbocycles. The number of nitrogens with one attached hydrogen (secondary N) is 2. The minimum absolute atomic E-state index is 0.0355. The van der Waals surface area contributed by atoms with Crippen molar-refractivity contribution in [3.05, 3.63) is 65.5 Å². The topological polar surface area (TPSA) is 114 Å². The van der Waals surface area contributed by atoms with Crippen LogP contribution in [0.2, 0.25) is 0 Å². The van der Waals surface area contributed by atoms with Crippen molar-refractivity contribution in [1.29, 1.82) is 0 Å². The van der Waals surface area contributed by atoms with Crippen molar-refractivity contribution in [3.63, 3.8) is 0 Å². The van der Waals surface area contributed by atoms with Gasteiger partial charge in [0.2, 0.25) is 9.47 Å². The summed E-state index contributed by atoms with van der Waals surface area (Å²) in [6.45, 7) is 1.91. The summed E-state index contributed by atoms with van der Waals surface area (Å²) in [6, 6.07) is 12.2. The highest BCUT2D eigenvalue weighted by atomic mass is 32.2. The third-order valence-corrected chi connectivity index (χ3v) is 5.91. The lowest BCUT2D eigenvalue weighted by molar-refractivity contribution is 0.102. The van der Waals surface area contributed by atoms with Gasteiger partial charge in [-0.25, -0.2) is 13.1 Å². The van der Waals surface area contributed by atoms with E-state index >= 15 is 0 Å². The lowest BCUT2D eigenvalue weighted by Crippen LogP contribution is -2.23.